The third-order valence-electron chi connectivity index (χ3n) is 3.25. The number of nitrogens with zero attached hydrogens (tertiary/aromatic N) is 2. The Kier molecular flexibility index (Phi) is 3.35. The second-order valence-electron chi connectivity index (χ2n) is 4.51. The highest BCUT2D eigenvalue weighted by Crippen LogP contribution is 2.25. The first-order valence-corrected chi connectivity index (χ1v) is 6.48. The first-order chi connectivity index (χ1) is 7.09. The van der Waals surface area contributed by atoms with Crippen LogP contribution in [0.3, 0.4) is 0 Å². The van der Waals surface area contributed by atoms with Crippen molar-refractivity contribution in [2.75, 3.05) is 13.1 Å². The molecule has 0 aromatic heterocycles. The molecular formula is C11H17IN2O. The summed E-state index contributed by atoms with van der Waals surface area (Å²) in [5, 5.41) is 0. The van der Waals surface area contributed by atoms with Gasteiger partial charge in [-0.3, -0.25) is 4.79 Å². The molecule has 2 atom stereocenters. The van der Waals surface area contributed by atoms with Gasteiger partial charge in [-0.2, -0.15) is 0 Å². The maximum Gasteiger partial charge on any atom is 0.249 e. The van der Waals surface area contributed by atoms with E-state index < -0.39 is 0 Å². The number of halogens is 1. The summed E-state index contributed by atoms with van der Waals surface area (Å²) in [6.45, 7) is 6.14. The lowest BCUT2D eigenvalue weighted by atomic mass is 9.96. The van der Waals surface area contributed by atoms with Crippen LogP contribution in [0.4, 0.5) is 0 Å². The third-order valence-corrected chi connectivity index (χ3v) is 4.59. The van der Waals surface area contributed by atoms with Gasteiger partial charge in [0.15, 0.2) is 0 Å². The molecule has 1 heterocycles. The van der Waals surface area contributed by atoms with Crippen LogP contribution in [0.1, 0.15) is 26.7 Å². The summed E-state index contributed by atoms with van der Waals surface area (Å²) in [6, 6.07) is 0.804. The lowest BCUT2D eigenvalue weighted by molar-refractivity contribution is -0.131. The first-order valence-electron chi connectivity index (χ1n) is 5.52. The van der Waals surface area contributed by atoms with Gasteiger partial charge < -0.3 is 4.90 Å². The predicted octanol–water partition coefficient (Wildman–Crippen LogP) is 1.98. The van der Waals surface area contributed by atoms with Crippen molar-refractivity contribution in [1.29, 1.82) is 0 Å². The van der Waals surface area contributed by atoms with Crippen molar-refractivity contribution in [3.8, 4) is 0 Å². The van der Waals surface area contributed by atoms with Gasteiger partial charge in [-0.25, -0.2) is 3.11 Å². The Morgan fingerprint density at radius 2 is 2.07 bits per heavy atom. The molecule has 0 unspecified atom stereocenters. The molecule has 2 rings (SSSR count). The third kappa shape index (κ3) is 2.20. The Balaban J connectivity index is 2.05. The van der Waals surface area contributed by atoms with Gasteiger partial charge in [0.2, 0.25) is 5.91 Å². The minimum atomic E-state index is 0.269. The molecule has 84 valence electrons. The summed E-state index contributed by atoms with van der Waals surface area (Å²) in [5.41, 5.74) is 1.02. The fraction of sp³-hybridized carbons (Fsp3) is 0.727. The number of allylic oxidation sites excluding steroid dienone is 1. The van der Waals surface area contributed by atoms with Gasteiger partial charge in [-0.15, -0.1) is 0 Å². The van der Waals surface area contributed by atoms with Crippen molar-refractivity contribution >= 4 is 28.8 Å². The average Bonchev–Trinajstić information content (AvgIpc) is 2.08. The minimum absolute atomic E-state index is 0.269. The van der Waals surface area contributed by atoms with Crippen LogP contribution >= 0.6 is 22.9 Å². The molecule has 1 fully saturated rings. The van der Waals surface area contributed by atoms with Crippen LogP contribution in [0.2, 0.25) is 0 Å². The molecule has 0 spiro atoms. The number of carbonyl (C=O) groups is 1. The molecule has 15 heavy (non-hydrogen) atoms. The van der Waals surface area contributed by atoms with E-state index in [9.17, 15) is 4.79 Å². The van der Waals surface area contributed by atoms with Crippen LogP contribution in [0.15, 0.2) is 11.6 Å². The molecular weight excluding hydrogens is 303 g/mol. The zero-order valence-electron chi connectivity index (χ0n) is 9.24. The lowest BCUT2D eigenvalue weighted by Crippen LogP contribution is -2.55. The fourth-order valence-electron chi connectivity index (χ4n) is 2.03. The highest BCUT2D eigenvalue weighted by Gasteiger charge is 2.32. The Labute approximate surface area is 105 Å². The molecule has 0 aromatic carbocycles. The highest BCUT2D eigenvalue weighted by molar-refractivity contribution is 14.1. The van der Waals surface area contributed by atoms with Crippen molar-refractivity contribution in [3.63, 3.8) is 0 Å². The first kappa shape index (κ1) is 11.4. The monoisotopic (exact) mass is 320 g/mol. The van der Waals surface area contributed by atoms with Crippen LogP contribution in [0, 0.1) is 0 Å². The average molecular weight is 320 g/mol. The van der Waals surface area contributed by atoms with Gasteiger partial charge in [0.05, 0.1) is 0 Å². The molecule has 3 nitrogen and oxygen atoms in total. The van der Waals surface area contributed by atoms with Crippen LogP contribution in [-0.2, 0) is 4.79 Å². The molecule has 4 heteroatoms. The maximum atomic E-state index is 12.1. The van der Waals surface area contributed by atoms with Crippen molar-refractivity contribution in [2.45, 2.75) is 38.8 Å². The Morgan fingerprint density at radius 3 is 2.60 bits per heavy atom. The van der Waals surface area contributed by atoms with Gasteiger partial charge in [0.25, 0.3) is 0 Å². The molecule has 0 N–H and O–H groups in total. The summed E-state index contributed by atoms with van der Waals surface area (Å²) >= 11 is 2.35. The standard InChI is InChI=1S/C11H17IN2O/c1-8-7-14(12)9(2)6-13(8)11(15)10-4-3-5-10/h4,8-9H,3,5-7H2,1-2H3/t8-,9+/m1/s1. The van der Waals surface area contributed by atoms with Gasteiger partial charge >= 0.3 is 0 Å². The number of hydrogen-bond acceptors (Lipinski definition) is 2. The lowest BCUT2D eigenvalue weighted by Gasteiger charge is -2.42. The summed E-state index contributed by atoms with van der Waals surface area (Å²) < 4.78 is 2.29. The molecule has 0 saturated carbocycles. The Bertz CT molecular complexity index is 303. The van der Waals surface area contributed by atoms with E-state index in [1.165, 1.54) is 0 Å². The van der Waals surface area contributed by atoms with E-state index >= 15 is 0 Å². The number of rotatable bonds is 1. The number of amides is 1. The number of hydrogen-bond donors (Lipinski definition) is 0. The Morgan fingerprint density at radius 1 is 1.40 bits per heavy atom. The van der Waals surface area contributed by atoms with Crippen LogP contribution < -0.4 is 0 Å². The van der Waals surface area contributed by atoms with E-state index in [0.717, 1.165) is 31.5 Å². The second kappa shape index (κ2) is 4.41. The van der Waals surface area contributed by atoms with Gasteiger partial charge in [0, 0.05) is 53.6 Å². The SMILES string of the molecule is C[C@@H]1CN(I)[C@@H](C)CN1C(=O)C1=CCC1. The van der Waals surface area contributed by atoms with E-state index in [4.69, 9.17) is 0 Å². The molecule has 0 aromatic rings. The van der Waals surface area contributed by atoms with Crippen LogP contribution in [-0.4, -0.2) is 39.1 Å². The van der Waals surface area contributed by atoms with Crippen LogP contribution in [0.5, 0.6) is 0 Å². The highest BCUT2D eigenvalue weighted by atomic mass is 127. The molecule has 1 aliphatic carbocycles. The maximum absolute atomic E-state index is 12.1. The zero-order chi connectivity index (χ0) is 11.0. The number of carbonyl (C=O) groups excluding carboxylic acids is 1. The van der Waals surface area contributed by atoms with E-state index in [2.05, 4.69) is 45.9 Å². The smallest absolute Gasteiger partial charge is 0.249 e. The zero-order valence-corrected chi connectivity index (χ0v) is 11.4. The van der Waals surface area contributed by atoms with Crippen molar-refractivity contribution in [2.24, 2.45) is 0 Å². The molecule has 1 saturated heterocycles. The molecule has 2 aliphatic rings. The summed E-state index contributed by atoms with van der Waals surface area (Å²) in [7, 11) is 0. The van der Waals surface area contributed by atoms with Gasteiger partial charge in [-0.1, -0.05) is 6.08 Å². The van der Waals surface area contributed by atoms with Crippen LogP contribution in [0.25, 0.3) is 0 Å². The van der Waals surface area contributed by atoms with E-state index in [-0.39, 0.29) is 5.91 Å². The summed E-state index contributed by atoms with van der Waals surface area (Å²) in [5.74, 6) is 0.269. The Hall–Kier alpha value is -0.100. The minimum Gasteiger partial charge on any atom is -0.333 e. The quantitative estimate of drug-likeness (QED) is 0.545. The molecule has 0 bridgehead atoms. The van der Waals surface area contributed by atoms with Crippen molar-refractivity contribution in [3.05, 3.63) is 11.6 Å². The van der Waals surface area contributed by atoms with Gasteiger partial charge in [-0.05, 0) is 26.7 Å². The summed E-state index contributed by atoms with van der Waals surface area (Å²) in [6.07, 6.45) is 4.12. The van der Waals surface area contributed by atoms with Gasteiger partial charge in [0.1, 0.15) is 0 Å². The van der Waals surface area contributed by atoms with E-state index in [1.807, 2.05) is 4.90 Å². The normalized spacial score (nSPS) is 32.2. The van der Waals surface area contributed by atoms with Crippen molar-refractivity contribution in [1.82, 2.24) is 8.01 Å². The molecule has 1 aliphatic heterocycles. The second-order valence-corrected chi connectivity index (χ2v) is 5.75. The number of piperazine rings is 1. The topological polar surface area (TPSA) is 23.6 Å². The predicted molar refractivity (Wildman–Crippen MR) is 68.7 cm³/mol. The largest absolute Gasteiger partial charge is 0.333 e. The van der Waals surface area contributed by atoms with Crippen molar-refractivity contribution < 1.29 is 4.79 Å². The summed E-state index contributed by atoms with van der Waals surface area (Å²) in [4.78, 5) is 14.1. The molecule has 0 radical (unpaired) electrons. The fourth-order valence-corrected chi connectivity index (χ4v) is 2.78. The van der Waals surface area contributed by atoms with E-state index in [0.29, 0.717) is 12.1 Å². The molecule has 1 amide bonds. The van der Waals surface area contributed by atoms with E-state index in [1.54, 1.807) is 0 Å².